The average Bonchev–Trinajstić information content (AvgIpc) is 3.02. The smallest absolute Gasteiger partial charge is 0.176 e. The molecule has 0 spiro atoms. The molecule has 0 unspecified atom stereocenters. The van der Waals surface area contributed by atoms with E-state index in [0.29, 0.717) is 43.0 Å². The molecule has 2 saturated heterocycles. The van der Waals surface area contributed by atoms with Crippen molar-refractivity contribution in [2.75, 3.05) is 49.9 Å². The normalized spacial score (nSPS) is 26.8. The molecule has 2 fully saturated rings. The largest absolute Gasteiger partial charge is 0.486 e. The van der Waals surface area contributed by atoms with Gasteiger partial charge in [-0.15, -0.1) is 0 Å². The minimum Gasteiger partial charge on any atom is -0.486 e. The van der Waals surface area contributed by atoms with E-state index in [1.807, 2.05) is 28.0 Å². The Balaban J connectivity index is 1.69. The number of rotatable bonds is 4. The van der Waals surface area contributed by atoms with Gasteiger partial charge in [0.15, 0.2) is 26.4 Å². The van der Waals surface area contributed by atoms with Gasteiger partial charge in [0.25, 0.3) is 0 Å². The molecule has 0 aromatic heterocycles. The number of hydrogen-bond acceptors (Lipinski definition) is 6. The first kappa shape index (κ1) is 16.9. The zero-order valence-electron chi connectivity index (χ0n) is 13.9. The van der Waals surface area contributed by atoms with Crippen LogP contribution in [0.4, 0.5) is 5.69 Å². The molecule has 0 N–H and O–H groups in total. The Hall–Kier alpha value is -1.58. The molecule has 1 aromatic rings. The average molecular weight is 384 g/mol. The summed E-state index contributed by atoms with van der Waals surface area (Å²) in [4.78, 5) is 3.92. The fourth-order valence-electron chi connectivity index (χ4n) is 3.71. The third kappa shape index (κ3) is 2.94. The quantitative estimate of drug-likeness (QED) is 0.702. The van der Waals surface area contributed by atoms with Gasteiger partial charge in [-0.2, -0.15) is 0 Å². The van der Waals surface area contributed by atoms with Crippen LogP contribution in [0.3, 0.4) is 0 Å². The van der Waals surface area contributed by atoms with Gasteiger partial charge in [0.1, 0.15) is 13.2 Å². The van der Waals surface area contributed by atoms with Crippen LogP contribution in [-0.2, 0) is 14.6 Å². The lowest BCUT2D eigenvalue weighted by Gasteiger charge is -2.27. The Kier molecular flexibility index (Phi) is 4.25. The van der Waals surface area contributed by atoms with Gasteiger partial charge in [0.2, 0.25) is 0 Å². The lowest BCUT2D eigenvalue weighted by Crippen LogP contribution is -2.39. The SMILES string of the molecule is COCCN1C(=S)N(c2ccc3c(c2)OCCO3)[C@H]2CS(=O)(=O)C[C@@H]21. The summed E-state index contributed by atoms with van der Waals surface area (Å²) in [7, 11) is -1.46. The van der Waals surface area contributed by atoms with Crippen LogP contribution in [0.15, 0.2) is 18.2 Å². The highest BCUT2D eigenvalue weighted by Crippen LogP contribution is 2.39. The Morgan fingerprint density at radius 1 is 1.20 bits per heavy atom. The zero-order chi connectivity index (χ0) is 17.6. The first-order valence-corrected chi connectivity index (χ1v) is 10.4. The summed E-state index contributed by atoms with van der Waals surface area (Å²) in [6.45, 7) is 2.11. The summed E-state index contributed by atoms with van der Waals surface area (Å²) in [6.07, 6.45) is 0. The van der Waals surface area contributed by atoms with Crippen LogP contribution in [0.5, 0.6) is 11.5 Å². The molecular formula is C16H20N2O5S2. The first-order chi connectivity index (χ1) is 12.0. The summed E-state index contributed by atoms with van der Waals surface area (Å²) in [5.74, 6) is 1.60. The summed E-state index contributed by atoms with van der Waals surface area (Å²) in [5.41, 5.74) is 0.835. The van der Waals surface area contributed by atoms with E-state index < -0.39 is 9.84 Å². The van der Waals surface area contributed by atoms with Crippen molar-refractivity contribution in [1.82, 2.24) is 4.90 Å². The monoisotopic (exact) mass is 384 g/mol. The second-order valence-corrected chi connectivity index (χ2v) is 8.90. The highest BCUT2D eigenvalue weighted by atomic mass is 32.2. The molecule has 136 valence electrons. The lowest BCUT2D eigenvalue weighted by molar-refractivity contribution is 0.169. The number of hydrogen-bond donors (Lipinski definition) is 0. The summed E-state index contributed by atoms with van der Waals surface area (Å²) in [6, 6.07) is 5.31. The fraction of sp³-hybridized carbons (Fsp3) is 0.562. The number of sulfone groups is 1. The molecule has 0 saturated carbocycles. The predicted octanol–water partition coefficient (Wildman–Crippen LogP) is 0.677. The molecule has 0 aliphatic carbocycles. The third-order valence-corrected chi connectivity index (χ3v) is 6.95. The summed E-state index contributed by atoms with van der Waals surface area (Å²) in [5, 5.41) is 0.638. The van der Waals surface area contributed by atoms with Crippen LogP contribution in [0.2, 0.25) is 0 Å². The second-order valence-electron chi connectivity index (χ2n) is 6.38. The van der Waals surface area contributed by atoms with Crippen LogP contribution in [0.25, 0.3) is 0 Å². The van der Waals surface area contributed by atoms with E-state index in [1.165, 1.54) is 0 Å². The lowest BCUT2D eigenvalue weighted by atomic mass is 10.1. The minimum atomic E-state index is -3.08. The van der Waals surface area contributed by atoms with Crippen molar-refractivity contribution < 1.29 is 22.6 Å². The van der Waals surface area contributed by atoms with Gasteiger partial charge in [0.05, 0.1) is 30.2 Å². The Labute approximate surface area is 152 Å². The van der Waals surface area contributed by atoms with Crippen molar-refractivity contribution >= 4 is 32.9 Å². The molecule has 2 atom stereocenters. The standard InChI is InChI=1S/C16H20N2O5S2/c1-21-5-4-17-12-9-25(19,20)10-13(12)18(16(17)24)11-2-3-14-15(8-11)23-7-6-22-14/h2-3,8,12-13H,4-7,9-10H2,1H3/t12-,13-/m0/s1. The van der Waals surface area contributed by atoms with Crippen molar-refractivity contribution in [3.63, 3.8) is 0 Å². The van der Waals surface area contributed by atoms with Gasteiger partial charge < -0.3 is 24.0 Å². The van der Waals surface area contributed by atoms with Gasteiger partial charge >= 0.3 is 0 Å². The Morgan fingerprint density at radius 2 is 1.92 bits per heavy atom. The molecule has 25 heavy (non-hydrogen) atoms. The maximum atomic E-state index is 12.2. The number of anilines is 1. The van der Waals surface area contributed by atoms with Crippen LogP contribution < -0.4 is 14.4 Å². The van der Waals surface area contributed by atoms with Gasteiger partial charge in [0, 0.05) is 25.4 Å². The molecule has 4 rings (SSSR count). The van der Waals surface area contributed by atoms with E-state index in [-0.39, 0.29) is 23.6 Å². The highest BCUT2D eigenvalue weighted by Gasteiger charge is 2.52. The van der Waals surface area contributed by atoms with Gasteiger partial charge in [-0.3, -0.25) is 0 Å². The molecule has 0 amide bonds. The van der Waals surface area contributed by atoms with E-state index in [4.69, 9.17) is 26.4 Å². The van der Waals surface area contributed by atoms with Crippen molar-refractivity contribution in [3.05, 3.63) is 18.2 Å². The molecule has 1 aromatic carbocycles. The topological polar surface area (TPSA) is 68.3 Å². The van der Waals surface area contributed by atoms with E-state index >= 15 is 0 Å². The Morgan fingerprint density at radius 3 is 2.68 bits per heavy atom. The minimum absolute atomic E-state index is 0.107. The van der Waals surface area contributed by atoms with Gasteiger partial charge in [-0.05, 0) is 24.4 Å². The molecule has 3 aliphatic heterocycles. The van der Waals surface area contributed by atoms with Crippen LogP contribution in [0.1, 0.15) is 0 Å². The Bertz CT molecular complexity index is 798. The maximum Gasteiger partial charge on any atom is 0.176 e. The fourth-order valence-corrected chi connectivity index (χ4v) is 6.13. The second kappa shape index (κ2) is 6.30. The molecule has 3 aliphatic rings. The number of nitrogens with zero attached hydrogens (tertiary/aromatic N) is 2. The zero-order valence-corrected chi connectivity index (χ0v) is 15.5. The molecule has 9 heteroatoms. The third-order valence-electron chi connectivity index (χ3n) is 4.82. The van der Waals surface area contributed by atoms with Crippen LogP contribution in [0, 0.1) is 0 Å². The summed E-state index contributed by atoms with van der Waals surface area (Å²) < 4.78 is 40.8. The van der Waals surface area contributed by atoms with Crippen LogP contribution in [-0.4, -0.2) is 75.5 Å². The molecule has 7 nitrogen and oxygen atoms in total. The molecule has 0 bridgehead atoms. The number of fused-ring (bicyclic) bond motifs is 2. The maximum absolute atomic E-state index is 12.2. The molecule has 0 radical (unpaired) electrons. The van der Waals surface area contributed by atoms with Crippen LogP contribution >= 0.6 is 12.2 Å². The molecule has 3 heterocycles. The van der Waals surface area contributed by atoms with Crippen molar-refractivity contribution in [3.8, 4) is 11.5 Å². The number of benzene rings is 1. The van der Waals surface area contributed by atoms with Crippen molar-refractivity contribution in [2.24, 2.45) is 0 Å². The van der Waals surface area contributed by atoms with Gasteiger partial charge in [-0.1, -0.05) is 0 Å². The number of thiocarbonyl (C=S) groups is 1. The summed E-state index contributed by atoms with van der Waals surface area (Å²) >= 11 is 5.67. The van der Waals surface area contributed by atoms with E-state index in [0.717, 1.165) is 5.69 Å². The van der Waals surface area contributed by atoms with E-state index in [9.17, 15) is 8.42 Å². The van der Waals surface area contributed by atoms with E-state index in [2.05, 4.69) is 0 Å². The molecular weight excluding hydrogens is 364 g/mol. The van der Waals surface area contributed by atoms with Gasteiger partial charge in [-0.25, -0.2) is 8.42 Å². The van der Waals surface area contributed by atoms with Crippen molar-refractivity contribution in [2.45, 2.75) is 12.1 Å². The first-order valence-electron chi connectivity index (χ1n) is 8.19. The highest BCUT2D eigenvalue weighted by molar-refractivity contribution is 7.91. The van der Waals surface area contributed by atoms with Crippen molar-refractivity contribution in [1.29, 1.82) is 0 Å². The predicted molar refractivity (Wildman–Crippen MR) is 97.3 cm³/mol. The van der Waals surface area contributed by atoms with E-state index in [1.54, 1.807) is 7.11 Å². The number of ether oxygens (including phenoxy) is 3. The number of methoxy groups -OCH3 is 1.